The van der Waals surface area contributed by atoms with Crippen LogP contribution in [0.2, 0.25) is 0 Å². The molecule has 0 fully saturated rings. The topological polar surface area (TPSA) is 68.0 Å². The van der Waals surface area contributed by atoms with Crippen molar-refractivity contribution in [2.24, 2.45) is 0 Å². The van der Waals surface area contributed by atoms with Gasteiger partial charge >= 0.3 is 0 Å². The summed E-state index contributed by atoms with van der Waals surface area (Å²) in [6.45, 7) is 2.05. The molecule has 0 saturated heterocycles. The number of nitrogens with zero attached hydrogens (tertiary/aromatic N) is 5. The molecule has 4 aromatic rings. The monoisotopic (exact) mass is 416 g/mol. The van der Waals surface area contributed by atoms with Gasteiger partial charge in [-0.2, -0.15) is 0 Å². The molecular formula is C16H13IN6. The van der Waals surface area contributed by atoms with Gasteiger partial charge in [-0.05, 0) is 59.8 Å². The third-order valence-corrected chi connectivity index (χ3v) is 4.35. The predicted octanol–water partition coefficient (Wildman–Crippen LogP) is 3.45. The van der Waals surface area contributed by atoms with Gasteiger partial charge in [-0.15, -0.1) is 10.2 Å². The summed E-state index contributed by atoms with van der Waals surface area (Å²) in [6.07, 6.45) is 3.54. The molecule has 3 heterocycles. The van der Waals surface area contributed by atoms with Crippen LogP contribution >= 0.6 is 22.6 Å². The Morgan fingerprint density at radius 1 is 1.13 bits per heavy atom. The molecule has 0 aliphatic carbocycles. The fraction of sp³-hybridized carbons (Fsp3) is 0.125. The highest BCUT2D eigenvalue weighted by Crippen LogP contribution is 2.25. The van der Waals surface area contributed by atoms with E-state index in [4.69, 9.17) is 0 Å². The molecule has 1 unspecified atom stereocenters. The van der Waals surface area contributed by atoms with E-state index in [9.17, 15) is 0 Å². The number of nitrogens with one attached hydrogen (secondary N) is 1. The lowest BCUT2D eigenvalue weighted by Crippen LogP contribution is -2.12. The number of benzene rings is 1. The van der Waals surface area contributed by atoms with Crippen LogP contribution in [0.25, 0.3) is 16.6 Å². The fourth-order valence-corrected chi connectivity index (χ4v) is 3.06. The lowest BCUT2D eigenvalue weighted by Gasteiger charge is -2.14. The smallest absolute Gasteiger partial charge is 0.160 e. The van der Waals surface area contributed by atoms with Gasteiger partial charge in [0.2, 0.25) is 0 Å². The maximum Gasteiger partial charge on any atom is 0.160 e. The van der Waals surface area contributed by atoms with Crippen LogP contribution in [0.15, 0.2) is 48.9 Å². The molecule has 114 valence electrons. The predicted molar refractivity (Wildman–Crippen MR) is 97.3 cm³/mol. The second-order valence-corrected chi connectivity index (χ2v) is 6.48. The molecule has 4 rings (SSSR count). The van der Waals surface area contributed by atoms with E-state index in [-0.39, 0.29) is 6.04 Å². The maximum atomic E-state index is 4.39. The Bertz CT molecular complexity index is 996. The van der Waals surface area contributed by atoms with E-state index in [1.54, 1.807) is 6.33 Å². The van der Waals surface area contributed by atoms with E-state index in [2.05, 4.69) is 54.1 Å². The first-order valence-corrected chi connectivity index (χ1v) is 8.27. The van der Waals surface area contributed by atoms with Gasteiger partial charge in [-0.3, -0.25) is 4.40 Å². The molecule has 0 radical (unpaired) electrons. The summed E-state index contributed by atoms with van der Waals surface area (Å²) in [5, 5.41) is 12.9. The van der Waals surface area contributed by atoms with Crippen molar-refractivity contribution in [3.8, 4) is 0 Å². The summed E-state index contributed by atoms with van der Waals surface area (Å²) in [6, 6.07) is 11.9. The van der Waals surface area contributed by atoms with E-state index >= 15 is 0 Å². The van der Waals surface area contributed by atoms with Crippen LogP contribution in [0.1, 0.15) is 18.8 Å². The van der Waals surface area contributed by atoms with Crippen LogP contribution in [-0.2, 0) is 0 Å². The summed E-state index contributed by atoms with van der Waals surface area (Å²) in [5.41, 5.74) is 1.75. The maximum absolute atomic E-state index is 4.39. The number of halogens is 1. The average Bonchev–Trinajstić information content (AvgIpc) is 2.99. The Morgan fingerprint density at radius 2 is 2.04 bits per heavy atom. The average molecular weight is 416 g/mol. The lowest BCUT2D eigenvalue weighted by atomic mass is 10.2. The number of fused-ring (bicyclic) bond motifs is 2. The van der Waals surface area contributed by atoms with Crippen LogP contribution in [-0.4, -0.2) is 24.6 Å². The number of aromatic nitrogens is 5. The van der Waals surface area contributed by atoms with Crippen LogP contribution in [0, 0.1) is 3.57 Å². The summed E-state index contributed by atoms with van der Waals surface area (Å²) in [5.74, 6) is 1.65. The minimum atomic E-state index is -0.0385. The Kier molecular flexibility index (Phi) is 3.56. The second kappa shape index (κ2) is 5.73. The lowest BCUT2D eigenvalue weighted by molar-refractivity contribution is 0.769. The summed E-state index contributed by atoms with van der Waals surface area (Å²) in [4.78, 5) is 8.71. The molecule has 0 amide bonds. The Balaban J connectivity index is 1.74. The number of pyridine rings is 1. The molecule has 7 heteroatoms. The van der Waals surface area contributed by atoms with Gasteiger partial charge in [0.1, 0.15) is 12.1 Å². The van der Waals surface area contributed by atoms with Gasteiger partial charge in [0.05, 0.1) is 11.6 Å². The largest absolute Gasteiger partial charge is 0.360 e. The van der Waals surface area contributed by atoms with Crippen molar-refractivity contribution in [1.29, 1.82) is 0 Å². The molecule has 6 nitrogen and oxygen atoms in total. The molecule has 0 saturated carbocycles. The summed E-state index contributed by atoms with van der Waals surface area (Å²) >= 11 is 2.29. The number of hydrogen-bond acceptors (Lipinski definition) is 5. The van der Waals surface area contributed by atoms with E-state index in [1.165, 1.54) is 0 Å². The standard InChI is InChI=1S/C16H13IN6/c1-10(16-22-21-14-4-2-3-7-23(14)16)20-15-12-8-11(17)5-6-13(12)18-9-19-15/h2-10H,1H3,(H,18,19,20). The van der Waals surface area contributed by atoms with Gasteiger partial charge in [-0.1, -0.05) is 6.07 Å². The van der Waals surface area contributed by atoms with E-state index in [1.807, 2.05) is 47.9 Å². The molecular weight excluding hydrogens is 403 g/mol. The third-order valence-electron chi connectivity index (χ3n) is 3.68. The summed E-state index contributed by atoms with van der Waals surface area (Å²) < 4.78 is 3.12. The van der Waals surface area contributed by atoms with Gasteiger partial charge in [-0.25, -0.2) is 9.97 Å². The number of rotatable bonds is 3. The Hall–Kier alpha value is -2.29. The first-order valence-electron chi connectivity index (χ1n) is 7.19. The molecule has 0 aliphatic rings. The zero-order valence-corrected chi connectivity index (χ0v) is 14.5. The highest BCUT2D eigenvalue weighted by Gasteiger charge is 2.15. The quantitative estimate of drug-likeness (QED) is 0.519. The van der Waals surface area contributed by atoms with Gasteiger partial charge in [0.15, 0.2) is 11.5 Å². The van der Waals surface area contributed by atoms with Crippen molar-refractivity contribution in [3.63, 3.8) is 0 Å². The van der Waals surface area contributed by atoms with E-state index < -0.39 is 0 Å². The minimum absolute atomic E-state index is 0.0385. The highest BCUT2D eigenvalue weighted by molar-refractivity contribution is 14.1. The van der Waals surface area contributed by atoms with Crippen molar-refractivity contribution in [3.05, 3.63) is 58.3 Å². The second-order valence-electron chi connectivity index (χ2n) is 5.24. The molecule has 1 atom stereocenters. The van der Waals surface area contributed by atoms with Crippen molar-refractivity contribution in [1.82, 2.24) is 24.6 Å². The molecule has 0 bridgehead atoms. The number of anilines is 1. The third kappa shape index (κ3) is 2.61. The first kappa shape index (κ1) is 14.3. The Morgan fingerprint density at radius 3 is 2.96 bits per heavy atom. The van der Waals surface area contributed by atoms with Crippen LogP contribution in [0.4, 0.5) is 5.82 Å². The van der Waals surface area contributed by atoms with Crippen molar-refractivity contribution in [2.45, 2.75) is 13.0 Å². The van der Waals surface area contributed by atoms with Crippen LogP contribution in [0.3, 0.4) is 0 Å². The molecule has 1 aromatic carbocycles. The highest BCUT2D eigenvalue weighted by atomic mass is 127. The summed E-state index contributed by atoms with van der Waals surface area (Å²) in [7, 11) is 0. The minimum Gasteiger partial charge on any atom is -0.360 e. The van der Waals surface area contributed by atoms with Crippen molar-refractivity contribution >= 4 is 45.0 Å². The van der Waals surface area contributed by atoms with E-state index in [0.717, 1.165) is 31.8 Å². The fourth-order valence-electron chi connectivity index (χ4n) is 2.57. The molecule has 3 aromatic heterocycles. The molecule has 1 N–H and O–H groups in total. The zero-order chi connectivity index (χ0) is 15.8. The van der Waals surface area contributed by atoms with Crippen LogP contribution < -0.4 is 5.32 Å². The molecule has 0 aliphatic heterocycles. The SMILES string of the molecule is CC(Nc1ncnc2ccc(I)cc12)c1nnc2ccccn12. The van der Waals surface area contributed by atoms with Gasteiger partial charge < -0.3 is 5.32 Å². The normalized spacial score (nSPS) is 12.6. The van der Waals surface area contributed by atoms with Crippen molar-refractivity contribution in [2.75, 3.05) is 5.32 Å². The van der Waals surface area contributed by atoms with E-state index in [0.29, 0.717) is 0 Å². The van der Waals surface area contributed by atoms with Crippen molar-refractivity contribution < 1.29 is 0 Å². The first-order chi connectivity index (χ1) is 11.2. The zero-order valence-electron chi connectivity index (χ0n) is 12.3. The number of hydrogen-bond donors (Lipinski definition) is 1. The van der Waals surface area contributed by atoms with Gasteiger partial charge in [0.25, 0.3) is 0 Å². The Labute approximate surface area is 146 Å². The molecule has 0 spiro atoms. The van der Waals surface area contributed by atoms with Crippen LogP contribution in [0.5, 0.6) is 0 Å². The van der Waals surface area contributed by atoms with Gasteiger partial charge in [0, 0.05) is 15.2 Å². The molecule has 23 heavy (non-hydrogen) atoms.